The lowest BCUT2D eigenvalue weighted by atomic mass is 10.2. The predicted octanol–water partition coefficient (Wildman–Crippen LogP) is 0.681. The van der Waals surface area contributed by atoms with Gasteiger partial charge in [-0.05, 0) is 20.8 Å². The first-order valence-corrected chi connectivity index (χ1v) is 6.04. The van der Waals surface area contributed by atoms with Crippen molar-refractivity contribution in [2.45, 2.75) is 26.8 Å². The van der Waals surface area contributed by atoms with Crippen LogP contribution in [0.15, 0.2) is 0 Å². The third-order valence-corrected chi connectivity index (χ3v) is 3.27. The standard InChI is InChI=1S/C8H19NO4S/c1-5-9(4,8(2)3)6-7-13-14(10,11)12/h8H,5-7H2,1-4H3/p+1. The highest BCUT2D eigenvalue weighted by atomic mass is 32.3. The van der Waals surface area contributed by atoms with Crippen molar-refractivity contribution in [2.75, 3.05) is 26.7 Å². The van der Waals surface area contributed by atoms with Gasteiger partial charge in [0.2, 0.25) is 0 Å². The average Bonchev–Trinajstić information content (AvgIpc) is 2.01. The van der Waals surface area contributed by atoms with Gasteiger partial charge in [0.1, 0.15) is 13.2 Å². The molecule has 0 aliphatic carbocycles. The topological polar surface area (TPSA) is 63.6 Å². The van der Waals surface area contributed by atoms with E-state index in [1.807, 2.05) is 14.0 Å². The molecule has 0 aliphatic heterocycles. The highest BCUT2D eigenvalue weighted by molar-refractivity contribution is 7.80. The van der Waals surface area contributed by atoms with Crippen LogP contribution in [-0.4, -0.2) is 50.2 Å². The Morgan fingerprint density at radius 2 is 1.93 bits per heavy atom. The van der Waals surface area contributed by atoms with E-state index in [-0.39, 0.29) is 6.61 Å². The molecule has 0 aromatic heterocycles. The van der Waals surface area contributed by atoms with Crippen LogP contribution in [0.4, 0.5) is 0 Å². The summed E-state index contributed by atoms with van der Waals surface area (Å²) in [6.07, 6.45) is 0. The van der Waals surface area contributed by atoms with Gasteiger partial charge in [0.15, 0.2) is 0 Å². The first-order chi connectivity index (χ1) is 6.21. The summed E-state index contributed by atoms with van der Waals surface area (Å²) in [5.74, 6) is 0. The zero-order valence-electron chi connectivity index (χ0n) is 9.23. The molecule has 5 nitrogen and oxygen atoms in total. The minimum atomic E-state index is -4.29. The van der Waals surface area contributed by atoms with Crippen LogP contribution in [-0.2, 0) is 14.6 Å². The zero-order valence-corrected chi connectivity index (χ0v) is 10.0. The molecule has 0 aromatic rings. The molecule has 0 aliphatic rings. The van der Waals surface area contributed by atoms with Crippen LogP contribution in [0.5, 0.6) is 0 Å². The molecule has 86 valence electrons. The Hall–Kier alpha value is -0.170. The summed E-state index contributed by atoms with van der Waals surface area (Å²) in [6, 6.07) is 0.394. The lowest BCUT2D eigenvalue weighted by molar-refractivity contribution is -0.928. The molecule has 14 heavy (non-hydrogen) atoms. The zero-order chi connectivity index (χ0) is 11.4. The molecule has 0 saturated heterocycles. The Labute approximate surface area is 86.2 Å². The molecule has 1 atom stereocenters. The fourth-order valence-electron chi connectivity index (χ4n) is 1.13. The molecular weight excluding hydrogens is 206 g/mol. The van der Waals surface area contributed by atoms with E-state index in [9.17, 15) is 8.42 Å². The number of quaternary nitrogens is 1. The van der Waals surface area contributed by atoms with Gasteiger partial charge in [0.05, 0.1) is 19.6 Å². The van der Waals surface area contributed by atoms with Crippen LogP contribution in [0.3, 0.4) is 0 Å². The molecule has 0 radical (unpaired) electrons. The Balaban J connectivity index is 4.10. The summed E-state index contributed by atoms with van der Waals surface area (Å²) >= 11 is 0. The Kier molecular flexibility index (Phi) is 5.00. The van der Waals surface area contributed by atoms with E-state index in [0.29, 0.717) is 12.6 Å². The maximum absolute atomic E-state index is 10.3. The van der Waals surface area contributed by atoms with E-state index in [2.05, 4.69) is 18.0 Å². The van der Waals surface area contributed by atoms with Gasteiger partial charge in [-0.3, -0.25) is 4.55 Å². The third kappa shape index (κ3) is 4.90. The molecule has 0 spiro atoms. The number of hydrogen-bond acceptors (Lipinski definition) is 3. The maximum atomic E-state index is 10.3. The first-order valence-electron chi connectivity index (χ1n) is 4.67. The molecule has 0 saturated carbocycles. The van der Waals surface area contributed by atoms with E-state index >= 15 is 0 Å². The molecule has 0 heterocycles. The van der Waals surface area contributed by atoms with Gasteiger partial charge in [0.25, 0.3) is 0 Å². The van der Waals surface area contributed by atoms with Gasteiger partial charge in [-0.15, -0.1) is 0 Å². The van der Waals surface area contributed by atoms with Crippen molar-refractivity contribution in [3.8, 4) is 0 Å². The maximum Gasteiger partial charge on any atom is 0.397 e. The second-order valence-electron chi connectivity index (χ2n) is 3.86. The summed E-state index contributed by atoms with van der Waals surface area (Å²) in [4.78, 5) is 0. The van der Waals surface area contributed by atoms with E-state index < -0.39 is 10.4 Å². The lowest BCUT2D eigenvalue weighted by Crippen LogP contribution is -2.51. The van der Waals surface area contributed by atoms with Crippen molar-refractivity contribution in [1.82, 2.24) is 0 Å². The van der Waals surface area contributed by atoms with Crippen molar-refractivity contribution >= 4 is 10.4 Å². The van der Waals surface area contributed by atoms with Crippen molar-refractivity contribution in [2.24, 2.45) is 0 Å². The van der Waals surface area contributed by atoms with Crippen molar-refractivity contribution in [3.63, 3.8) is 0 Å². The highest BCUT2D eigenvalue weighted by Crippen LogP contribution is 2.09. The summed E-state index contributed by atoms with van der Waals surface area (Å²) in [7, 11) is -2.26. The lowest BCUT2D eigenvalue weighted by Gasteiger charge is -2.37. The Bertz CT molecular complexity index is 263. The van der Waals surface area contributed by atoms with E-state index in [0.717, 1.165) is 11.0 Å². The smallest absolute Gasteiger partial charge is 0.322 e. The van der Waals surface area contributed by atoms with E-state index in [1.54, 1.807) is 0 Å². The van der Waals surface area contributed by atoms with Crippen LogP contribution in [0.2, 0.25) is 0 Å². The number of nitrogens with zero attached hydrogens (tertiary/aromatic N) is 1. The van der Waals surface area contributed by atoms with E-state index in [4.69, 9.17) is 4.55 Å². The van der Waals surface area contributed by atoms with Crippen LogP contribution in [0.1, 0.15) is 20.8 Å². The Morgan fingerprint density at radius 3 is 2.21 bits per heavy atom. The van der Waals surface area contributed by atoms with Crippen LogP contribution >= 0.6 is 0 Å². The summed E-state index contributed by atoms with van der Waals surface area (Å²) in [5, 5.41) is 0. The predicted molar refractivity (Wildman–Crippen MR) is 54.2 cm³/mol. The molecule has 6 heteroatoms. The monoisotopic (exact) mass is 226 g/mol. The normalized spacial score (nSPS) is 17.0. The molecule has 0 rings (SSSR count). The van der Waals surface area contributed by atoms with Crippen molar-refractivity contribution in [3.05, 3.63) is 0 Å². The largest absolute Gasteiger partial charge is 0.397 e. The average molecular weight is 226 g/mol. The fraction of sp³-hybridized carbons (Fsp3) is 1.00. The molecule has 1 N–H and O–H groups in total. The summed E-state index contributed by atoms with van der Waals surface area (Å²) in [5.41, 5.74) is 0. The van der Waals surface area contributed by atoms with Gasteiger partial charge in [-0.25, -0.2) is 4.18 Å². The van der Waals surface area contributed by atoms with E-state index in [1.165, 1.54) is 0 Å². The van der Waals surface area contributed by atoms with Gasteiger partial charge in [-0.1, -0.05) is 0 Å². The molecule has 0 fully saturated rings. The van der Waals surface area contributed by atoms with Crippen LogP contribution < -0.4 is 0 Å². The number of rotatable bonds is 6. The highest BCUT2D eigenvalue weighted by Gasteiger charge is 2.23. The van der Waals surface area contributed by atoms with Gasteiger partial charge in [0, 0.05) is 0 Å². The third-order valence-electron chi connectivity index (χ3n) is 2.80. The quantitative estimate of drug-likeness (QED) is 0.534. The molecule has 0 amide bonds. The second-order valence-corrected chi connectivity index (χ2v) is 4.95. The van der Waals surface area contributed by atoms with Crippen molar-refractivity contribution < 1.29 is 21.6 Å². The van der Waals surface area contributed by atoms with Crippen LogP contribution in [0, 0.1) is 0 Å². The minimum Gasteiger partial charge on any atom is -0.322 e. The summed E-state index contributed by atoms with van der Waals surface area (Å²) < 4.78 is 34.0. The molecule has 0 bridgehead atoms. The van der Waals surface area contributed by atoms with Gasteiger partial charge < -0.3 is 4.48 Å². The number of hydrogen-bond donors (Lipinski definition) is 1. The molecule has 0 aromatic carbocycles. The minimum absolute atomic E-state index is 0.0152. The van der Waals surface area contributed by atoms with Crippen LogP contribution in [0.25, 0.3) is 0 Å². The van der Waals surface area contributed by atoms with Gasteiger partial charge >= 0.3 is 10.4 Å². The number of likely N-dealkylation sites (N-methyl/N-ethyl adjacent to an activating group) is 1. The van der Waals surface area contributed by atoms with Gasteiger partial charge in [-0.2, -0.15) is 8.42 Å². The fourth-order valence-corrected chi connectivity index (χ4v) is 1.42. The second kappa shape index (κ2) is 5.06. The Morgan fingerprint density at radius 1 is 1.43 bits per heavy atom. The molecular formula is C8H20NO4S+. The SMILES string of the molecule is CC[N+](C)(CCOS(=O)(=O)O)C(C)C. The molecule has 1 unspecified atom stereocenters. The van der Waals surface area contributed by atoms with Crippen molar-refractivity contribution in [1.29, 1.82) is 0 Å². The summed E-state index contributed by atoms with van der Waals surface area (Å²) in [6.45, 7) is 7.64. The first kappa shape index (κ1) is 13.8.